The number of hydrogen-bond donors (Lipinski definition) is 0. The maximum atomic E-state index is 4.33. The van der Waals surface area contributed by atoms with E-state index in [2.05, 4.69) is 453 Å². The normalized spacial score (nSPS) is 12.4. The van der Waals surface area contributed by atoms with Gasteiger partial charge in [0.1, 0.15) is 0 Å². The predicted molar refractivity (Wildman–Crippen MR) is 553 cm³/mol. The van der Waals surface area contributed by atoms with Gasteiger partial charge in [-0.1, -0.05) is 321 Å². The minimum atomic E-state index is -2.73. The second-order valence-electron chi connectivity index (χ2n) is 34.1. The highest BCUT2D eigenvalue weighted by Gasteiger charge is 2.45. The molecular formula is C121H97N5S2Si. The van der Waals surface area contributed by atoms with E-state index in [9.17, 15) is 0 Å². The Kier molecular flexibility index (Phi) is 23.7. The number of benzene rings is 16. The molecule has 0 amide bonds. The third-order valence-corrected chi connectivity index (χ3v) is 33.4. The first-order valence-corrected chi connectivity index (χ1v) is 48.4. The van der Waals surface area contributed by atoms with E-state index in [0.717, 1.165) is 66.8 Å². The van der Waals surface area contributed by atoms with E-state index in [1.165, 1.54) is 161 Å². The van der Waals surface area contributed by atoms with Crippen LogP contribution >= 0.6 is 22.7 Å². The third-order valence-electron chi connectivity index (χ3n) is 25.8. The molecule has 5 heterocycles. The van der Waals surface area contributed by atoms with Crippen LogP contribution in [0.3, 0.4) is 0 Å². The molecule has 1 saturated carbocycles. The van der Waals surface area contributed by atoms with Crippen molar-refractivity contribution in [1.29, 1.82) is 0 Å². The van der Waals surface area contributed by atoms with Crippen molar-refractivity contribution in [2.45, 2.75) is 65.2 Å². The molecule has 0 N–H and O–H groups in total. The van der Waals surface area contributed by atoms with Crippen molar-refractivity contribution in [2.24, 2.45) is 0 Å². The van der Waals surface area contributed by atoms with E-state index in [4.69, 9.17) is 0 Å². The Morgan fingerprint density at radius 1 is 0.240 bits per heavy atom. The summed E-state index contributed by atoms with van der Waals surface area (Å²) in [7, 11) is -2.73. The number of anilines is 6. The van der Waals surface area contributed by atoms with Crippen molar-refractivity contribution in [3.8, 4) is 66.8 Å². The molecule has 16 aromatic carbocycles. The molecule has 21 aromatic rings. The van der Waals surface area contributed by atoms with Gasteiger partial charge in [0.15, 0.2) is 8.07 Å². The van der Waals surface area contributed by atoms with Gasteiger partial charge in [-0.15, -0.1) is 22.7 Å². The first-order chi connectivity index (χ1) is 63.5. The number of nitrogens with zero attached hydrogens (tertiary/aromatic N) is 5. The zero-order chi connectivity index (χ0) is 87.0. The second-order valence-corrected chi connectivity index (χ2v) is 39.9. The van der Waals surface area contributed by atoms with Crippen LogP contribution in [0.1, 0.15) is 65.5 Å². The van der Waals surface area contributed by atoms with Gasteiger partial charge in [0.05, 0.1) is 0 Å². The lowest BCUT2D eigenvalue weighted by atomic mass is 9.65. The molecule has 0 atom stereocenters. The molecular weight excluding hydrogens is 1620 g/mol. The van der Waals surface area contributed by atoms with Gasteiger partial charge in [0.25, 0.3) is 0 Å². The zero-order valence-electron chi connectivity index (χ0n) is 72.9. The molecule has 0 spiro atoms. The molecule has 5 aromatic heterocycles. The van der Waals surface area contributed by atoms with E-state index in [-0.39, 0.29) is 5.41 Å². The fourth-order valence-electron chi connectivity index (χ4n) is 19.2. The summed E-state index contributed by atoms with van der Waals surface area (Å²) >= 11 is 3.90. The molecule has 1 fully saturated rings. The van der Waals surface area contributed by atoms with Crippen molar-refractivity contribution in [1.82, 2.24) is 15.0 Å². The largest absolute Gasteiger partial charge is 0.311 e. The Morgan fingerprint density at radius 2 is 0.512 bits per heavy atom. The Balaban J connectivity index is 0.000000122. The lowest BCUT2D eigenvalue weighted by molar-refractivity contribution is 0.346. The fourth-order valence-corrected chi connectivity index (χ4v) is 27.5. The lowest BCUT2D eigenvalue weighted by Crippen LogP contribution is -2.74. The molecule has 0 unspecified atom stereocenters. The fraction of sp³-hybridized carbons (Fsp3) is 0.0826. The average Bonchev–Trinajstić information content (AvgIpc) is 1.63. The van der Waals surface area contributed by atoms with Crippen LogP contribution in [0.5, 0.6) is 0 Å². The number of aromatic nitrogens is 3. The zero-order valence-corrected chi connectivity index (χ0v) is 75.5. The molecule has 0 radical (unpaired) electrons. The molecule has 129 heavy (non-hydrogen) atoms. The highest BCUT2D eigenvalue weighted by molar-refractivity contribution is 7.33. The lowest BCUT2D eigenvalue weighted by Gasteiger charge is -2.39. The number of fused-ring (bicyclic) bond motifs is 6. The highest BCUT2D eigenvalue weighted by Crippen LogP contribution is 2.49. The van der Waals surface area contributed by atoms with Gasteiger partial charge in [-0.05, 0) is 262 Å². The Labute approximate surface area is 766 Å². The Bertz CT molecular complexity index is 6820. The van der Waals surface area contributed by atoms with Crippen LogP contribution in [0.25, 0.3) is 107 Å². The summed E-state index contributed by atoms with van der Waals surface area (Å²) in [6.07, 6.45) is 17.3. The minimum absolute atomic E-state index is 0.00636. The molecule has 0 bridgehead atoms. The Morgan fingerprint density at radius 3 is 0.829 bits per heavy atom. The van der Waals surface area contributed by atoms with Gasteiger partial charge in [-0.2, -0.15) is 0 Å². The van der Waals surface area contributed by atoms with Gasteiger partial charge in [-0.3, -0.25) is 15.0 Å². The molecule has 0 saturated heterocycles. The van der Waals surface area contributed by atoms with Crippen LogP contribution in [-0.4, -0.2) is 23.0 Å². The SMILES string of the molecule is Cc1ccc(N(c2ccc(C)cc2)c2ccc(C3(c4ccc(N(c5ccc(C)cc5)c5ccc(C)cc5)cc4)CCCCC3)cc2)cc1.c1ccc([Si](c2ccccc2)(c2cccc3c2sc2ccccc23)c2cccc3c2sc2ccccc23)cc1.c1cncc(-c2cccc(-c3cc(-c4cccc(-c5cccnc5)c4)cc(-c4cccc(-c5cccnc5)c4)c3)c2)c1. The van der Waals surface area contributed by atoms with Crippen LogP contribution in [0.2, 0.25) is 0 Å². The summed E-state index contributed by atoms with van der Waals surface area (Å²) in [5.74, 6) is 0. The van der Waals surface area contributed by atoms with Crippen LogP contribution in [0.4, 0.5) is 34.1 Å². The van der Waals surface area contributed by atoms with Crippen molar-refractivity contribution < 1.29 is 0 Å². The summed E-state index contributed by atoms with van der Waals surface area (Å²) in [6, 6.07) is 154. The van der Waals surface area contributed by atoms with Gasteiger partial charge in [0, 0.05) is 134 Å². The van der Waals surface area contributed by atoms with E-state index in [1.807, 2.05) is 78.1 Å². The maximum Gasteiger partial charge on any atom is 0.182 e. The van der Waals surface area contributed by atoms with Gasteiger partial charge >= 0.3 is 0 Å². The minimum Gasteiger partial charge on any atom is -0.311 e. The van der Waals surface area contributed by atoms with Crippen LogP contribution in [-0.2, 0) is 5.41 Å². The third kappa shape index (κ3) is 17.0. The monoisotopic (exact) mass is 1710 g/mol. The molecule has 8 heteroatoms. The van der Waals surface area contributed by atoms with Crippen LogP contribution < -0.4 is 30.5 Å². The summed E-state index contributed by atoms with van der Waals surface area (Å²) in [6.45, 7) is 8.59. The molecule has 1 aliphatic carbocycles. The van der Waals surface area contributed by atoms with E-state index in [0.29, 0.717) is 0 Å². The molecule has 1 aliphatic rings. The number of thiophene rings is 2. The number of aryl methyl sites for hydroxylation is 4. The van der Waals surface area contributed by atoms with Gasteiger partial charge in [0.2, 0.25) is 0 Å². The second kappa shape index (κ2) is 37.0. The summed E-state index contributed by atoms with van der Waals surface area (Å²) in [5.41, 5.74) is 28.6. The van der Waals surface area contributed by atoms with E-state index >= 15 is 0 Å². The molecule has 5 nitrogen and oxygen atoms in total. The van der Waals surface area contributed by atoms with Crippen molar-refractivity contribution >= 4 is 126 Å². The van der Waals surface area contributed by atoms with Crippen LogP contribution in [0.15, 0.2) is 456 Å². The molecule has 0 aliphatic heterocycles. The number of hydrogen-bond acceptors (Lipinski definition) is 7. The number of rotatable bonds is 18. The Hall–Kier alpha value is -14.8. The summed E-state index contributed by atoms with van der Waals surface area (Å²) in [4.78, 5) is 17.7. The topological polar surface area (TPSA) is 45.2 Å². The first-order valence-electron chi connectivity index (χ1n) is 44.7. The standard InChI is InChI=1S/C46H46N2.C39H27N3.C36H24S2Si/c1-34-8-20-40(21-9-34)47(41-22-10-35(2)11-23-41)44-28-16-38(17-29-44)46(32-6-5-7-33-46)39-18-30-45(31-19-39)48(42-24-12-36(3)13-25-42)43-26-14-37(4)15-27-43;1-7-28(34-13-4-16-40-25-34)19-31(10-1)37-22-38(32-11-2-8-29(20-32)35-14-5-17-41-26-35)24-39(23-37)33-12-3-9-30(21-33)36-15-6-18-42-27-36;1-3-13-25(14-4-1)39(26-15-5-2-6-16-26,33-23-11-19-29-27-17-7-9-21-31(27)37-35(29)33)34-24-12-20-30-28-18-8-10-22-32(28)38-36(30)34/h8-31H,5-7,32-33H2,1-4H3;1-27H;1-24H. The first kappa shape index (κ1) is 82.5. The van der Waals surface area contributed by atoms with E-state index in [1.54, 1.807) is 0 Å². The van der Waals surface area contributed by atoms with Gasteiger partial charge < -0.3 is 9.80 Å². The predicted octanol–water partition coefficient (Wildman–Crippen LogP) is 30.8. The van der Waals surface area contributed by atoms with Crippen molar-refractivity contribution in [2.75, 3.05) is 9.80 Å². The average molecular weight is 1710 g/mol. The smallest absolute Gasteiger partial charge is 0.182 e. The number of pyridine rings is 3. The summed E-state index contributed by atoms with van der Waals surface area (Å²) < 4.78 is 5.53. The quantitative estimate of drug-likeness (QED) is 0.0633. The highest BCUT2D eigenvalue weighted by atomic mass is 32.1. The van der Waals surface area contributed by atoms with Crippen molar-refractivity contribution in [3.05, 3.63) is 489 Å². The molecule has 22 rings (SSSR count). The maximum absolute atomic E-state index is 4.33. The van der Waals surface area contributed by atoms with Crippen LogP contribution in [0, 0.1) is 27.7 Å². The van der Waals surface area contributed by atoms with Gasteiger partial charge in [-0.25, -0.2) is 0 Å². The van der Waals surface area contributed by atoms with Crippen molar-refractivity contribution in [3.63, 3.8) is 0 Å². The van der Waals surface area contributed by atoms with E-state index < -0.39 is 8.07 Å². The summed E-state index contributed by atoms with van der Waals surface area (Å²) in [5, 5.41) is 11.2. The molecule has 622 valence electrons.